The zero-order valence-corrected chi connectivity index (χ0v) is 19.7. The smallest absolute Gasteiger partial charge is 0.0998 e. The summed E-state index contributed by atoms with van der Waals surface area (Å²) in [6.45, 7) is 4.21. The van der Waals surface area contributed by atoms with E-state index in [0.29, 0.717) is 5.56 Å². The van der Waals surface area contributed by atoms with Crippen LogP contribution in [0.1, 0.15) is 16.7 Å². The van der Waals surface area contributed by atoms with Crippen LogP contribution in [0.25, 0.3) is 49.7 Å². The first-order valence-corrected chi connectivity index (χ1v) is 11.7. The van der Waals surface area contributed by atoms with Gasteiger partial charge < -0.3 is 4.57 Å². The second kappa shape index (κ2) is 8.27. The van der Waals surface area contributed by atoms with Crippen LogP contribution in [0.2, 0.25) is 0 Å². The molecule has 0 atom stereocenters. The Hall–Kier alpha value is -4.68. The van der Waals surface area contributed by atoms with Gasteiger partial charge in [-0.05, 0) is 72.5 Å². The number of hydrogen-bond acceptors (Lipinski definition) is 2. The van der Waals surface area contributed by atoms with Gasteiger partial charge in [-0.1, -0.05) is 60.2 Å². The van der Waals surface area contributed by atoms with Crippen molar-refractivity contribution in [3.8, 4) is 34.0 Å². The van der Waals surface area contributed by atoms with Crippen LogP contribution in [-0.2, 0) is 0 Å². The van der Waals surface area contributed by atoms with Crippen LogP contribution in [-0.4, -0.2) is 9.55 Å². The van der Waals surface area contributed by atoms with Crippen molar-refractivity contribution in [2.45, 2.75) is 13.8 Å². The van der Waals surface area contributed by atoms with Gasteiger partial charge in [-0.15, -0.1) is 0 Å². The molecule has 2 aromatic heterocycles. The average molecular weight is 450 g/mol. The molecule has 2 heterocycles. The van der Waals surface area contributed by atoms with E-state index in [0.717, 1.165) is 33.4 Å². The third kappa shape index (κ3) is 3.48. The number of aromatic nitrogens is 2. The molecular formula is C32H23N3. The van der Waals surface area contributed by atoms with Gasteiger partial charge in [0.25, 0.3) is 0 Å². The summed E-state index contributed by atoms with van der Waals surface area (Å²) in [5.74, 6) is 0. The Labute approximate surface area is 204 Å². The highest BCUT2D eigenvalue weighted by Gasteiger charge is 2.17. The summed E-state index contributed by atoms with van der Waals surface area (Å²) < 4.78 is 2.34. The molecule has 0 aliphatic rings. The van der Waals surface area contributed by atoms with Gasteiger partial charge in [0.1, 0.15) is 0 Å². The minimum absolute atomic E-state index is 0.665. The van der Waals surface area contributed by atoms with Crippen molar-refractivity contribution in [2.24, 2.45) is 0 Å². The summed E-state index contributed by atoms with van der Waals surface area (Å²) in [6, 6.07) is 34.3. The maximum absolute atomic E-state index is 9.88. The molecule has 0 aliphatic heterocycles. The molecule has 35 heavy (non-hydrogen) atoms. The first-order valence-electron chi connectivity index (χ1n) is 11.7. The van der Waals surface area contributed by atoms with E-state index in [4.69, 9.17) is 0 Å². The van der Waals surface area contributed by atoms with Crippen LogP contribution in [0.5, 0.6) is 0 Å². The zero-order valence-electron chi connectivity index (χ0n) is 19.7. The molecule has 0 aliphatic carbocycles. The third-order valence-electron chi connectivity index (χ3n) is 6.71. The summed E-state index contributed by atoms with van der Waals surface area (Å²) >= 11 is 0. The molecule has 4 aromatic carbocycles. The largest absolute Gasteiger partial charge is 0.309 e. The van der Waals surface area contributed by atoms with Crippen LogP contribution in [0.3, 0.4) is 0 Å². The lowest BCUT2D eigenvalue weighted by Gasteiger charge is -2.15. The van der Waals surface area contributed by atoms with E-state index in [2.05, 4.69) is 102 Å². The maximum atomic E-state index is 9.88. The summed E-state index contributed by atoms with van der Waals surface area (Å²) in [5, 5.41) is 12.3. The quantitative estimate of drug-likeness (QED) is 0.275. The van der Waals surface area contributed by atoms with Gasteiger partial charge >= 0.3 is 0 Å². The Bertz CT molecular complexity index is 1770. The Balaban J connectivity index is 1.68. The fourth-order valence-electron chi connectivity index (χ4n) is 5.03. The van der Waals surface area contributed by atoms with Crippen LogP contribution in [0.15, 0.2) is 103 Å². The Kier molecular flexibility index (Phi) is 4.94. The molecule has 0 saturated carbocycles. The first-order chi connectivity index (χ1) is 17.1. The van der Waals surface area contributed by atoms with E-state index in [1.807, 2.05) is 18.2 Å². The molecule has 0 N–H and O–H groups in total. The van der Waals surface area contributed by atoms with Gasteiger partial charge in [0, 0.05) is 34.4 Å². The Morgan fingerprint density at radius 1 is 0.686 bits per heavy atom. The second-order valence-corrected chi connectivity index (χ2v) is 8.99. The minimum Gasteiger partial charge on any atom is -0.309 e. The predicted molar refractivity (Wildman–Crippen MR) is 144 cm³/mol. The molecule has 0 radical (unpaired) electrons. The summed E-state index contributed by atoms with van der Waals surface area (Å²) in [6.07, 6.45) is 3.54. The number of nitrogens with zero attached hydrogens (tertiary/aromatic N) is 3. The first kappa shape index (κ1) is 20.9. The highest BCUT2D eigenvalue weighted by molar-refractivity contribution is 6.10. The molecule has 0 unspecified atom stereocenters. The van der Waals surface area contributed by atoms with E-state index in [-0.39, 0.29) is 0 Å². The molecule has 6 aromatic rings. The number of para-hydroxylation sites is 1. The van der Waals surface area contributed by atoms with E-state index >= 15 is 0 Å². The number of rotatable bonds is 3. The number of pyridine rings is 1. The minimum atomic E-state index is 0.665. The Morgan fingerprint density at radius 2 is 1.46 bits per heavy atom. The molecule has 3 heteroatoms. The molecule has 0 bridgehead atoms. The monoisotopic (exact) mass is 449 g/mol. The maximum Gasteiger partial charge on any atom is 0.0998 e. The summed E-state index contributed by atoms with van der Waals surface area (Å²) in [4.78, 5) is 4.15. The van der Waals surface area contributed by atoms with Crippen molar-refractivity contribution in [1.29, 1.82) is 5.26 Å². The van der Waals surface area contributed by atoms with E-state index in [1.54, 1.807) is 12.4 Å². The van der Waals surface area contributed by atoms with Crippen LogP contribution < -0.4 is 0 Å². The van der Waals surface area contributed by atoms with Crippen molar-refractivity contribution in [2.75, 3.05) is 0 Å². The number of benzene rings is 4. The highest BCUT2D eigenvalue weighted by Crippen LogP contribution is 2.37. The lowest BCUT2D eigenvalue weighted by Crippen LogP contribution is -2.00. The molecule has 0 amide bonds. The highest BCUT2D eigenvalue weighted by atomic mass is 15.0. The van der Waals surface area contributed by atoms with Gasteiger partial charge in [-0.25, -0.2) is 0 Å². The number of nitriles is 1. The van der Waals surface area contributed by atoms with E-state index < -0.39 is 0 Å². The van der Waals surface area contributed by atoms with Crippen molar-refractivity contribution < 1.29 is 0 Å². The Morgan fingerprint density at radius 3 is 2.26 bits per heavy atom. The molecule has 0 spiro atoms. The van der Waals surface area contributed by atoms with Crippen LogP contribution in [0, 0.1) is 25.2 Å². The normalized spacial score (nSPS) is 11.1. The van der Waals surface area contributed by atoms with Crippen molar-refractivity contribution in [3.63, 3.8) is 0 Å². The summed E-state index contributed by atoms with van der Waals surface area (Å²) in [5.41, 5.74) is 10.6. The number of fused-ring (bicyclic) bond motifs is 3. The zero-order chi connectivity index (χ0) is 23.9. The topological polar surface area (TPSA) is 41.6 Å². The molecule has 166 valence electrons. The standard InChI is InChI=1S/C32H23N3/c1-21-6-5-7-24(16-21)25-10-11-28-27-8-3-4-9-30(27)35(32(28)18-25)31-19-29(23-12-14-34-15-13-23)26(20-33)17-22(31)2/h3-19H,1-2H3. The molecule has 3 nitrogen and oxygen atoms in total. The second-order valence-electron chi connectivity index (χ2n) is 8.99. The van der Waals surface area contributed by atoms with Crippen LogP contribution >= 0.6 is 0 Å². The van der Waals surface area contributed by atoms with Gasteiger partial charge in [0.15, 0.2) is 0 Å². The van der Waals surface area contributed by atoms with Crippen molar-refractivity contribution in [3.05, 3.63) is 120 Å². The van der Waals surface area contributed by atoms with E-state index in [9.17, 15) is 5.26 Å². The molecule has 0 saturated heterocycles. The average Bonchev–Trinajstić information content (AvgIpc) is 3.22. The van der Waals surface area contributed by atoms with E-state index in [1.165, 1.54) is 27.5 Å². The summed E-state index contributed by atoms with van der Waals surface area (Å²) in [7, 11) is 0. The van der Waals surface area contributed by atoms with Gasteiger partial charge in [-0.2, -0.15) is 5.26 Å². The SMILES string of the molecule is Cc1cccc(-c2ccc3c4ccccc4n(-c4cc(-c5ccncc5)c(C#N)cc4C)c3c2)c1. The van der Waals surface area contributed by atoms with Crippen LogP contribution in [0.4, 0.5) is 0 Å². The fourth-order valence-corrected chi connectivity index (χ4v) is 5.03. The third-order valence-corrected chi connectivity index (χ3v) is 6.71. The fraction of sp³-hybridized carbons (Fsp3) is 0.0625. The number of aryl methyl sites for hydroxylation is 2. The predicted octanol–water partition coefficient (Wildman–Crippen LogP) is 8.00. The van der Waals surface area contributed by atoms with Gasteiger partial charge in [0.2, 0.25) is 0 Å². The van der Waals surface area contributed by atoms with Crippen molar-refractivity contribution >= 4 is 21.8 Å². The van der Waals surface area contributed by atoms with Gasteiger partial charge in [0.05, 0.1) is 22.7 Å². The lowest BCUT2D eigenvalue weighted by atomic mass is 9.97. The lowest BCUT2D eigenvalue weighted by molar-refractivity contribution is 1.15. The number of hydrogen-bond donors (Lipinski definition) is 0. The molecular weight excluding hydrogens is 426 g/mol. The molecule has 6 rings (SSSR count). The van der Waals surface area contributed by atoms with Gasteiger partial charge in [-0.3, -0.25) is 4.98 Å². The molecule has 0 fully saturated rings. The van der Waals surface area contributed by atoms with Crippen molar-refractivity contribution in [1.82, 2.24) is 9.55 Å².